The lowest BCUT2D eigenvalue weighted by Gasteiger charge is -2.23. The molecule has 0 heterocycles. The van der Waals surface area contributed by atoms with Crippen molar-refractivity contribution in [2.24, 2.45) is 0 Å². The molecule has 0 aliphatic heterocycles. The molecule has 1 aromatic rings. The molecule has 5 heteroatoms. The van der Waals surface area contributed by atoms with Gasteiger partial charge in [-0.25, -0.2) is 4.79 Å². The number of carboxylic acids is 1. The van der Waals surface area contributed by atoms with Crippen LogP contribution >= 0.6 is 0 Å². The quantitative estimate of drug-likeness (QED) is 0.832. The van der Waals surface area contributed by atoms with Crippen molar-refractivity contribution in [2.75, 3.05) is 13.7 Å². The Labute approximate surface area is 106 Å². The molecule has 2 N–H and O–H groups in total. The van der Waals surface area contributed by atoms with Gasteiger partial charge in [-0.2, -0.15) is 0 Å². The molecule has 0 atom stereocenters. The lowest BCUT2D eigenvalue weighted by atomic mass is 10.1. The van der Waals surface area contributed by atoms with E-state index in [-0.39, 0.29) is 11.5 Å². The first-order chi connectivity index (χ1) is 8.35. The molecule has 18 heavy (non-hydrogen) atoms. The molecule has 0 aliphatic carbocycles. The molecular weight excluding hydrogens is 234 g/mol. The molecule has 0 aliphatic rings. The molecule has 0 bridgehead atoms. The minimum atomic E-state index is -1.05. The summed E-state index contributed by atoms with van der Waals surface area (Å²) < 4.78 is 5.18. The maximum absolute atomic E-state index is 11.8. The normalized spacial score (nSPS) is 11.1. The van der Waals surface area contributed by atoms with Crippen LogP contribution in [-0.4, -0.2) is 36.2 Å². The molecule has 0 aromatic heterocycles. The Morgan fingerprint density at radius 3 is 2.50 bits per heavy atom. The summed E-state index contributed by atoms with van der Waals surface area (Å²) in [6.07, 6.45) is 0. The third-order valence-corrected chi connectivity index (χ3v) is 2.60. The zero-order chi connectivity index (χ0) is 13.8. The van der Waals surface area contributed by atoms with E-state index in [4.69, 9.17) is 9.84 Å². The maximum atomic E-state index is 11.8. The summed E-state index contributed by atoms with van der Waals surface area (Å²) in [5.74, 6) is -1.37. The Morgan fingerprint density at radius 1 is 1.33 bits per heavy atom. The summed E-state index contributed by atoms with van der Waals surface area (Å²) in [6, 6.07) is 5.90. The van der Waals surface area contributed by atoms with Crippen molar-refractivity contribution in [3.63, 3.8) is 0 Å². The maximum Gasteiger partial charge on any atom is 0.335 e. The summed E-state index contributed by atoms with van der Waals surface area (Å²) in [5.41, 5.74) is -0.0458. The predicted octanol–water partition coefficient (Wildman–Crippen LogP) is 1.54. The van der Waals surface area contributed by atoms with Crippen molar-refractivity contribution in [1.29, 1.82) is 0 Å². The molecule has 0 unspecified atom stereocenters. The van der Waals surface area contributed by atoms with E-state index in [1.54, 1.807) is 19.2 Å². The number of hydrogen-bond donors (Lipinski definition) is 2. The van der Waals surface area contributed by atoms with Crippen molar-refractivity contribution in [3.05, 3.63) is 35.4 Å². The SMILES string of the molecule is COC(C)(C)CNC(=O)c1cccc(C(=O)O)c1. The van der Waals surface area contributed by atoms with Gasteiger partial charge < -0.3 is 15.2 Å². The number of aromatic carboxylic acids is 1. The lowest BCUT2D eigenvalue weighted by Crippen LogP contribution is -2.39. The van der Waals surface area contributed by atoms with Crippen LogP contribution in [0.15, 0.2) is 24.3 Å². The Hall–Kier alpha value is -1.88. The number of carbonyl (C=O) groups is 2. The number of benzene rings is 1. The first-order valence-corrected chi connectivity index (χ1v) is 5.52. The van der Waals surface area contributed by atoms with Crippen LogP contribution in [0.5, 0.6) is 0 Å². The molecule has 5 nitrogen and oxygen atoms in total. The fraction of sp³-hybridized carbons (Fsp3) is 0.385. The van der Waals surface area contributed by atoms with Gasteiger partial charge in [0.05, 0.1) is 11.2 Å². The highest BCUT2D eigenvalue weighted by molar-refractivity contribution is 5.97. The van der Waals surface area contributed by atoms with Crippen molar-refractivity contribution < 1.29 is 19.4 Å². The van der Waals surface area contributed by atoms with Gasteiger partial charge in [0.25, 0.3) is 5.91 Å². The molecule has 1 amide bonds. The van der Waals surface area contributed by atoms with Gasteiger partial charge in [-0.3, -0.25) is 4.79 Å². The summed E-state index contributed by atoms with van der Waals surface area (Å²) in [6.45, 7) is 4.04. The van der Waals surface area contributed by atoms with Gasteiger partial charge in [0.2, 0.25) is 0 Å². The van der Waals surface area contributed by atoms with E-state index < -0.39 is 11.6 Å². The zero-order valence-electron chi connectivity index (χ0n) is 10.7. The Morgan fingerprint density at radius 2 is 1.94 bits per heavy atom. The number of carboxylic acid groups (broad SMARTS) is 1. The molecule has 98 valence electrons. The number of hydrogen-bond acceptors (Lipinski definition) is 3. The van der Waals surface area contributed by atoms with Gasteiger partial charge in [0.1, 0.15) is 0 Å². The van der Waals surface area contributed by atoms with Crippen molar-refractivity contribution >= 4 is 11.9 Å². The summed E-state index contributed by atoms with van der Waals surface area (Å²) in [7, 11) is 1.57. The fourth-order valence-corrected chi connectivity index (χ4v) is 1.26. The number of carbonyl (C=O) groups excluding carboxylic acids is 1. The molecule has 1 aromatic carbocycles. The van der Waals surface area contributed by atoms with Gasteiger partial charge in [-0.05, 0) is 32.0 Å². The largest absolute Gasteiger partial charge is 0.478 e. The van der Waals surface area contributed by atoms with Gasteiger partial charge >= 0.3 is 5.97 Å². The van der Waals surface area contributed by atoms with E-state index in [1.165, 1.54) is 12.1 Å². The van der Waals surface area contributed by atoms with Gasteiger partial charge in [0, 0.05) is 19.2 Å². The molecule has 0 spiro atoms. The van der Waals surface area contributed by atoms with Crippen LogP contribution in [0.1, 0.15) is 34.6 Å². The van der Waals surface area contributed by atoms with E-state index in [0.29, 0.717) is 12.1 Å². The van der Waals surface area contributed by atoms with Crippen LogP contribution in [-0.2, 0) is 4.74 Å². The van der Waals surface area contributed by atoms with E-state index in [9.17, 15) is 9.59 Å². The predicted molar refractivity (Wildman–Crippen MR) is 66.8 cm³/mol. The topological polar surface area (TPSA) is 75.6 Å². The summed E-state index contributed by atoms with van der Waals surface area (Å²) in [4.78, 5) is 22.6. The highest BCUT2D eigenvalue weighted by atomic mass is 16.5. The standard InChI is InChI=1S/C13H17NO4/c1-13(2,18-3)8-14-11(15)9-5-4-6-10(7-9)12(16)17/h4-7H,8H2,1-3H3,(H,14,15)(H,16,17). The van der Waals surface area contributed by atoms with Gasteiger partial charge in [0.15, 0.2) is 0 Å². The smallest absolute Gasteiger partial charge is 0.335 e. The first-order valence-electron chi connectivity index (χ1n) is 5.52. The Kier molecular flexibility index (Phi) is 4.44. The second-order valence-corrected chi connectivity index (χ2v) is 4.53. The number of nitrogens with one attached hydrogen (secondary N) is 1. The van der Waals surface area contributed by atoms with Crippen molar-refractivity contribution in [1.82, 2.24) is 5.32 Å². The minimum Gasteiger partial charge on any atom is -0.478 e. The van der Waals surface area contributed by atoms with E-state index >= 15 is 0 Å². The average Bonchev–Trinajstić information content (AvgIpc) is 2.36. The van der Waals surface area contributed by atoms with Gasteiger partial charge in [-0.1, -0.05) is 6.07 Å². The molecular formula is C13H17NO4. The van der Waals surface area contributed by atoms with Crippen molar-refractivity contribution in [2.45, 2.75) is 19.4 Å². The van der Waals surface area contributed by atoms with Crippen LogP contribution in [0.25, 0.3) is 0 Å². The van der Waals surface area contributed by atoms with Crippen LogP contribution < -0.4 is 5.32 Å². The van der Waals surface area contributed by atoms with Crippen LogP contribution in [0.2, 0.25) is 0 Å². The third-order valence-electron chi connectivity index (χ3n) is 2.60. The first kappa shape index (κ1) is 14.2. The molecule has 0 radical (unpaired) electrons. The van der Waals surface area contributed by atoms with Crippen LogP contribution in [0.3, 0.4) is 0 Å². The highest BCUT2D eigenvalue weighted by Gasteiger charge is 2.18. The monoisotopic (exact) mass is 251 g/mol. The van der Waals surface area contributed by atoms with E-state index in [1.807, 2.05) is 13.8 Å². The number of amides is 1. The summed E-state index contributed by atoms with van der Waals surface area (Å²) in [5, 5.41) is 11.5. The number of ether oxygens (including phenoxy) is 1. The zero-order valence-corrected chi connectivity index (χ0v) is 10.7. The van der Waals surface area contributed by atoms with Gasteiger partial charge in [-0.15, -0.1) is 0 Å². The summed E-state index contributed by atoms with van der Waals surface area (Å²) >= 11 is 0. The number of rotatable bonds is 5. The Balaban J connectivity index is 2.73. The van der Waals surface area contributed by atoms with Crippen molar-refractivity contribution in [3.8, 4) is 0 Å². The molecule has 0 saturated heterocycles. The molecule has 0 saturated carbocycles. The minimum absolute atomic E-state index is 0.0913. The third kappa shape index (κ3) is 3.85. The fourth-order valence-electron chi connectivity index (χ4n) is 1.26. The average molecular weight is 251 g/mol. The Bertz CT molecular complexity index is 454. The molecule has 1 rings (SSSR count). The second kappa shape index (κ2) is 5.64. The number of methoxy groups -OCH3 is 1. The lowest BCUT2D eigenvalue weighted by molar-refractivity contribution is 0.0228. The van der Waals surface area contributed by atoms with Crippen LogP contribution in [0.4, 0.5) is 0 Å². The highest BCUT2D eigenvalue weighted by Crippen LogP contribution is 2.08. The van der Waals surface area contributed by atoms with E-state index in [0.717, 1.165) is 0 Å². The molecule has 0 fully saturated rings. The van der Waals surface area contributed by atoms with E-state index in [2.05, 4.69) is 5.32 Å². The second-order valence-electron chi connectivity index (χ2n) is 4.53. The van der Waals surface area contributed by atoms with Crippen LogP contribution in [0, 0.1) is 0 Å².